The lowest BCUT2D eigenvalue weighted by atomic mass is 10.0. The number of amides is 1. The number of aryl methyl sites for hydroxylation is 1. The van der Waals surface area contributed by atoms with E-state index >= 15 is 0 Å². The Morgan fingerprint density at radius 3 is 2.89 bits per heavy atom. The molecule has 1 N–H and O–H groups in total. The molecule has 0 saturated carbocycles. The number of nitrogens with one attached hydrogen (secondary N) is 1. The van der Waals surface area contributed by atoms with E-state index in [2.05, 4.69) is 21.2 Å². The molecule has 4 rings (SSSR count). The van der Waals surface area contributed by atoms with Gasteiger partial charge in [0.05, 0.1) is 5.75 Å². The van der Waals surface area contributed by atoms with Gasteiger partial charge in [-0.1, -0.05) is 41.6 Å². The number of anilines is 1. The zero-order chi connectivity index (χ0) is 19.3. The van der Waals surface area contributed by atoms with E-state index in [1.807, 2.05) is 23.1 Å². The quantitative estimate of drug-likeness (QED) is 0.614. The Bertz CT molecular complexity index is 961. The minimum Gasteiger partial charge on any atom is -0.486 e. The van der Waals surface area contributed by atoms with E-state index in [0.717, 1.165) is 25.1 Å². The van der Waals surface area contributed by atoms with E-state index in [4.69, 9.17) is 16.3 Å². The van der Waals surface area contributed by atoms with E-state index in [1.54, 1.807) is 24.3 Å². The first-order valence-electron chi connectivity index (χ1n) is 9.00. The lowest BCUT2D eigenvalue weighted by Gasteiger charge is -2.29. The highest BCUT2D eigenvalue weighted by Gasteiger charge is 2.22. The molecule has 0 spiro atoms. The lowest BCUT2D eigenvalue weighted by molar-refractivity contribution is -0.116. The first kappa shape index (κ1) is 18.8. The molecule has 0 radical (unpaired) electrons. The average Bonchev–Trinajstić information content (AvgIpc) is 3.19. The minimum absolute atomic E-state index is 0.0703. The van der Waals surface area contributed by atoms with Gasteiger partial charge in [0, 0.05) is 17.3 Å². The molecule has 1 aliphatic heterocycles. The number of carbonyl (C=O) groups is 1. The van der Waals surface area contributed by atoms with Crippen LogP contribution in [-0.2, 0) is 17.8 Å². The van der Waals surface area contributed by atoms with Gasteiger partial charge in [-0.05, 0) is 48.7 Å². The number of rotatable bonds is 6. The van der Waals surface area contributed by atoms with Crippen molar-refractivity contribution in [3.05, 3.63) is 64.9 Å². The van der Waals surface area contributed by atoms with Crippen LogP contribution >= 0.6 is 23.4 Å². The fourth-order valence-corrected chi connectivity index (χ4v) is 3.91. The van der Waals surface area contributed by atoms with Crippen LogP contribution in [0.3, 0.4) is 0 Å². The molecule has 3 aromatic rings. The summed E-state index contributed by atoms with van der Waals surface area (Å²) in [6, 6.07) is 15.2. The van der Waals surface area contributed by atoms with Gasteiger partial charge in [-0.25, -0.2) is 4.98 Å². The summed E-state index contributed by atoms with van der Waals surface area (Å²) in [5, 5.41) is 8.20. The smallest absolute Gasteiger partial charge is 0.237 e. The van der Waals surface area contributed by atoms with Gasteiger partial charge in [-0.15, -0.1) is 5.10 Å². The summed E-state index contributed by atoms with van der Waals surface area (Å²) in [4.78, 5) is 18.9. The van der Waals surface area contributed by atoms with Crippen LogP contribution in [0.25, 0.3) is 0 Å². The number of hydrogen-bond donors (Lipinski definition) is 1. The number of fused-ring (bicyclic) bond motifs is 1. The van der Waals surface area contributed by atoms with Crippen molar-refractivity contribution in [2.75, 3.05) is 17.2 Å². The number of aromatic amines is 1. The van der Waals surface area contributed by atoms with Crippen molar-refractivity contribution in [1.82, 2.24) is 15.2 Å². The fraction of sp³-hybridized carbons (Fsp3) is 0.250. The number of aromatic nitrogens is 3. The van der Waals surface area contributed by atoms with Gasteiger partial charge in [-0.2, -0.15) is 0 Å². The third-order valence-corrected chi connectivity index (χ3v) is 5.52. The van der Waals surface area contributed by atoms with Crippen LogP contribution in [0.2, 0.25) is 5.02 Å². The maximum atomic E-state index is 12.7. The van der Waals surface area contributed by atoms with E-state index < -0.39 is 0 Å². The highest BCUT2D eigenvalue weighted by atomic mass is 35.5. The summed E-state index contributed by atoms with van der Waals surface area (Å²) in [5.74, 6) is 1.67. The van der Waals surface area contributed by atoms with Crippen molar-refractivity contribution in [2.24, 2.45) is 0 Å². The van der Waals surface area contributed by atoms with Gasteiger partial charge in [0.1, 0.15) is 12.4 Å². The molecule has 2 aromatic carbocycles. The van der Waals surface area contributed by atoms with Crippen LogP contribution in [0.5, 0.6) is 5.75 Å². The molecule has 2 heterocycles. The summed E-state index contributed by atoms with van der Waals surface area (Å²) in [6.07, 6.45) is 2.01. The van der Waals surface area contributed by atoms with Gasteiger partial charge >= 0.3 is 0 Å². The molecule has 1 aliphatic rings. The average molecular weight is 415 g/mol. The van der Waals surface area contributed by atoms with Gasteiger partial charge in [0.2, 0.25) is 11.1 Å². The maximum absolute atomic E-state index is 12.7. The van der Waals surface area contributed by atoms with E-state index in [-0.39, 0.29) is 12.5 Å². The fourth-order valence-electron chi connectivity index (χ4n) is 3.09. The van der Waals surface area contributed by atoms with Gasteiger partial charge < -0.3 is 9.64 Å². The van der Waals surface area contributed by atoms with E-state index in [9.17, 15) is 4.79 Å². The Morgan fingerprint density at radius 2 is 2.04 bits per heavy atom. The monoisotopic (exact) mass is 414 g/mol. The van der Waals surface area contributed by atoms with Gasteiger partial charge in [-0.3, -0.25) is 9.89 Å². The summed E-state index contributed by atoms with van der Waals surface area (Å²) in [5.41, 5.74) is 2.25. The molecule has 1 amide bonds. The summed E-state index contributed by atoms with van der Waals surface area (Å²) in [7, 11) is 0. The molecule has 0 bridgehead atoms. The third-order valence-electron chi connectivity index (χ3n) is 4.44. The minimum atomic E-state index is 0.0703. The maximum Gasteiger partial charge on any atom is 0.237 e. The van der Waals surface area contributed by atoms with E-state index in [1.165, 1.54) is 17.3 Å². The number of ether oxygens (including phenoxy) is 1. The second-order valence-electron chi connectivity index (χ2n) is 6.37. The number of nitrogens with zero attached hydrogens (tertiary/aromatic N) is 3. The predicted octanol–water partition coefficient (Wildman–Crippen LogP) is 4.11. The van der Waals surface area contributed by atoms with Crippen LogP contribution in [-0.4, -0.2) is 33.4 Å². The predicted molar refractivity (Wildman–Crippen MR) is 110 cm³/mol. The highest BCUT2D eigenvalue weighted by Crippen LogP contribution is 2.27. The Morgan fingerprint density at radius 1 is 1.21 bits per heavy atom. The number of para-hydroxylation sites is 1. The first-order chi connectivity index (χ1) is 13.7. The largest absolute Gasteiger partial charge is 0.486 e. The molecular weight excluding hydrogens is 396 g/mol. The third kappa shape index (κ3) is 4.48. The Labute approximate surface area is 172 Å². The summed E-state index contributed by atoms with van der Waals surface area (Å²) >= 11 is 7.18. The second-order valence-corrected chi connectivity index (χ2v) is 7.75. The Hall–Kier alpha value is -2.51. The van der Waals surface area contributed by atoms with Crippen molar-refractivity contribution < 1.29 is 9.53 Å². The van der Waals surface area contributed by atoms with E-state index in [0.29, 0.717) is 27.5 Å². The summed E-state index contributed by atoms with van der Waals surface area (Å²) in [6.45, 7) is 1.02. The van der Waals surface area contributed by atoms with Crippen molar-refractivity contribution >= 4 is 35.0 Å². The zero-order valence-corrected chi connectivity index (χ0v) is 16.7. The number of H-pyrrole nitrogens is 1. The number of thioether (sulfide) groups is 1. The highest BCUT2D eigenvalue weighted by molar-refractivity contribution is 7.99. The molecular formula is C20H19ClN4O2S. The molecule has 6 nitrogen and oxygen atoms in total. The van der Waals surface area contributed by atoms with Crippen LogP contribution < -0.4 is 9.64 Å². The molecule has 1 aromatic heterocycles. The molecule has 144 valence electrons. The Kier molecular flexibility index (Phi) is 5.83. The standard InChI is InChI=1S/C20H19ClN4O2S/c21-15-7-9-16(10-8-15)27-12-18-22-20(24-23-18)28-13-19(26)25-11-3-5-14-4-1-2-6-17(14)25/h1-2,4,6-10H,3,5,11-13H2,(H,22,23,24). The van der Waals surface area contributed by atoms with Crippen molar-refractivity contribution in [1.29, 1.82) is 0 Å². The summed E-state index contributed by atoms with van der Waals surface area (Å²) < 4.78 is 5.64. The number of hydrogen-bond acceptors (Lipinski definition) is 5. The molecule has 0 atom stereocenters. The molecule has 28 heavy (non-hydrogen) atoms. The lowest BCUT2D eigenvalue weighted by Crippen LogP contribution is -2.36. The SMILES string of the molecule is O=C(CSc1n[nH]c(COc2ccc(Cl)cc2)n1)N1CCCc2ccccc21. The number of carbonyl (C=O) groups excluding carboxylic acids is 1. The van der Waals surface area contributed by atoms with Crippen LogP contribution in [0.15, 0.2) is 53.7 Å². The van der Waals surface area contributed by atoms with Crippen molar-refractivity contribution in [2.45, 2.75) is 24.6 Å². The van der Waals surface area contributed by atoms with Crippen molar-refractivity contribution in [3.8, 4) is 5.75 Å². The van der Waals surface area contributed by atoms with Gasteiger partial charge in [0.25, 0.3) is 0 Å². The first-order valence-corrected chi connectivity index (χ1v) is 10.4. The zero-order valence-electron chi connectivity index (χ0n) is 15.1. The number of benzene rings is 2. The topological polar surface area (TPSA) is 71.1 Å². The molecule has 0 saturated heterocycles. The molecule has 0 unspecified atom stereocenters. The molecule has 8 heteroatoms. The van der Waals surface area contributed by atoms with Gasteiger partial charge in [0.15, 0.2) is 5.82 Å². The van der Waals surface area contributed by atoms with Crippen LogP contribution in [0.1, 0.15) is 17.8 Å². The Balaban J connectivity index is 1.31. The molecule has 0 fully saturated rings. The molecule has 0 aliphatic carbocycles. The normalized spacial score (nSPS) is 13.2. The van der Waals surface area contributed by atoms with Crippen molar-refractivity contribution in [3.63, 3.8) is 0 Å². The van der Waals surface area contributed by atoms with Crippen LogP contribution in [0, 0.1) is 0 Å². The second kappa shape index (κ2) is 8.67. The van der Waals surface area contributed by atoms with Crippen LogP contribution in [0.4, 0.5) is 5.69 Å². The number of halogens is 1.